The summed E-state index contributed by atoms with van der Waals surface area (Å²) in [6.07, 6.45) is 0.546. The summed E-state index contributed by atoms with van der Waals surface area (Å²) in [4.78, 5) is 6.60. The summed E-state index contributed by atoms with van der Waals surface area (Å²) < 4.78 is 29.8. The Labute approximate surface area is 137 Å². The van der Waals surface area contributed by atoms with Crippen LogP contribution < -0.4 is 0 Å². The van der Waals surface area contributed by atoms with Gasteiger partial charge in [0.15, 0.2) is 15.7 Å². The van der Waals surface area contributed by atoms with Gasteiger partial charge in [-0.25, -0.2) is 8.42 Å². The van der Waals surface area contributed by atoms with Gasteiger partial charge in [0.2, 0.25) is 5.89 Å². The highest BCUT2D eigenvalue weighted by molar-refractivity contribution is 7.91. The van der Waals surface area contributed by atoms with E-state index in [1.807, 2.05) is 37.9 Å². The van der Waals surface area contributed by atoms with Gasteiger partial charge in [0, 0.05) is 0 Å². The van der Waals surface area contributed by atoms with E-state index < -0.39 is 9.84 Å². The van der Waals surface area contributed by atoms with E-state index in [1.165, 1.54) is 0 Å². The van der Waals surface area contributed by atoms with Crippen LogP contribution in [0.5, 0.6) is 0 Å². The summed E-state index contributed by atoms with van der Waals surface area (Å²) in [5.41, 5.74) is 1.05. The summed E-state index contributed by atoms with van der Waals surface area (Å²) in [6.45, 7) is 6.30. The molecule has 6 nitrogen and oxygen atoms in total. The highest BCUT2D eigenvalue weighted by atomic mass is 32.2. The number of rotatable bonds is 7. The van der Waals surface area contributed by atoms with Crippen molar-refractivity contribution in [3.05, 3.63) is 41.5 Å². The molecule has 126 valence electrons. The Bertz CT molecular complexity index is 738. The van der Waals surface area contributed by atoms with Crippen LogP contribution in [0.15, 0.2) is 33.7 Å². The molecule has 0 saturated heterocycles. The van der Waals surface area contributed by atoms with Crippen LogP contribution in [0.1, 0.15) is 36.7 Å². The minimum absolute atomic E-state index is 0.0433. The second-order valence-corrected chi connectivity index (χ2v) is 7.93. The first-order valence-electron chi connectivity index (χ1n) is 7.59. The summed E-state index contributed by atoms with van der Waals surface area (Å²) >= 11 is 0. The van der Waals surface area contributed by atoms with E-state index >= 15 is 0 Å². The van der Waals surface area contributed by atoms with Gasteiger partial charge in [-0.05, 0) is 52.9 Å². The Balaban J connectivity index is 1.89. The topological polar surface area (TPSA) is 76.3 Å². The minimum Gasteiger partial charge on any atom is -0.338 e. The normalized spacial score (nSPS) is 13.4. The van der Waals surface area contributed by atoms with Crippen molar-refractivity contribution in [2.45, 2.75) is 38.1 Å². The standard InChI is InChI=1S/C16H23N3O3S/c1-12-6-8-15(9-7-12)23(20,21)11-5-10-19(4)13(2)16-17-14(3)18-22-16/h6-9,13H,5,10-11H2,1-4H3. The molecular weight excluding hydrogens is 314 g/mol. The Hall–Kier alpha value is -1.73. The first-order chi connectivity index (χ1) is 10.8. The van der Waals surface area contributed by atoms with Crippen molar-refractivity contribution in [3.8, 4) is 0 Å². The fraction of sp³-hybridized carbons (Fsp3) is 0.500. The number of sulfone groups is 1. The number of nitrogens with zero attached hydrogens (tertiary/aromatic N) is 3. The van der Waals surface area contributed by atoms with E-state index in [0.29, 0.717) is 29.6 Å². The van der Waals surface area contributed by atoms with Crippen LogP contribution >= 0.6 is 0 Å². The number of aryl methyl sites for hydroxylation is 2. The van der Waals surface area contributed by atoms with Crippen LogP contribution in [0.3, 0.4) is 0 Å². The van der Waals surface area contributed by atoms with Gasteiger partial charge in [-0.2, -0.15) is 4.98 Å². The van der Waals surface area contributed by atoms with Gasteiger partial charge in [0.05, 0.1) is 16.7 Å². The molecule has 0 bridgehead atoms. The molecule has 0 fully saturated rings. The van der Waals surface area contributed by atoms with Crippen LogP contribution in [0, 0.1) is 13.8 Å². The molecular formula is C16H23N3O3S. The molecule has 1 unspecified atom stereocenters. The Morgan fingerprint density at radius 2 is 1.87 bits per heavy atom. The molecule has 0 aliphatic heterocycles. The van der Waals surface area contributed by atoms with Crippen LogP contribution in [-0.2, 0) is 9.84 Å². The average molecular weight is 337 g/mol. The Morgan fingerprint density at radius 3 is 2.43 bits per heavy atom. The Kier molecular flexibility index (Phi) is 5.54. The van der Waals surface area contributed by atoms with Crippen LogP contribution in [0.25, 0.3) is 0 Å². The maximum absolute atomic E-state index is 12.3. The van der Waals surface area contributed by atoms with Gasteiger partial charge < -0.3 is 4.52 Å². The van der Waals surface area contributed by atoms with Gasteiger partial charge in [0.1, 0.15) is 0 Å². The fourth-order valence-corrected chi connectivity index (χ4v) is 3.53. The molecule has 0 aliphatic rings. The summed E-state index contributed by atoms with van der Waals surface area (Å²) in [7, 11) is -1.32. The molecule has 2 aromatic rings. The van der Waals surface area contributed by atoms with E-state index in [2.05, 4.69) is 10.1 Å². The molecule has 0 radical (unpaired) electrons. The lowest BCUT2D eigenvalue weighted by molar-refractivity contribution is 0.210. The minimum atomic E-state index is -3.24. The number of aromatic nitrogens is 2. The molecule has 7 heteroatoms. The second kappa shape index (κ2) is 7.23. The second-order valence-electron chi connectivity index (χ2n) is 5.82. The molecule has 1 heterocycles. The highest BCUT2D eigenvalue weighted by Gasteiger charge is 2.19. The van der Waals surface area contributed by atoms with Gasteiger partial charge in [-0.3, -0.25) is 4.90 Å². The zero-order valence-electron chi connectivity index (χ0n) is 14.0. The largest absolute Gasteiger partial charge is 0.338 e. The lowest BCUT2D eigenvalue weighted by Crippen LogP contribution is -2.25. The Morgan fingerprint density at radius 1 is 1.22 bits per heavy atom. The summed E-state index contributed by atoms with van der Waals surface area (Å²) in [6, 6.07) is 6.92. The predicted octanol–water partition coefficient (Wildman–Crippen LogP) is 2.54. The van der Waals surface area contributed by atoms with Crippen molar-refractivity contribution in [1.29, 1.82) is 0 Å². The molecule has 0 amide bonds. The van der Waals surface area contributed by atoms with E-state index in [4.69, 9.17) is 4.52 Å². The van der Waals surface area contributed by atoms with E-state index in [0.717, 1.165) is 5.56 Å². The van der Waals surface area contributed by atoms with Crippen molar-refractivity contribution < 1.29 is 12.9 Å². The van der Waals surface area contributed by atoms with Crippen molar-refractivity contribution in [3.63, 3.8) is 0 Å². The zero-order valence-corrected chi connectivity index (χ0v) is 14.8. The molecule has 0 aliphatic carbocycles. The van der Waals surface area contributed by atoms with Crippen molar-refractivity contribution in [1.82, 2.24) is 15.0 Å². The van der Waals surface area contributed by atoms with Crippen molar-refractivity contribution in [2.24, 2.45) is 0 Å². The molecule has 0 saturated carbocycles. The average Bonchev–Trinajstić information content (AvgIpc) is 2.93. The molecule has 2 rings (SSSR count). The molecule has 1 atom stereocenters. The first kappa shape index (κ1) is 17.6. The van der Waals surface area contributed by atoms with E-state index in [1.54, 1.807) is 19.1 Å². The van der Waals surface area contributed by atoms with E-state index in [-0.39, 0.29) is 11.8 Å². The monoisotopic (exact) mass is 337 g/mol. The van der Waals surface area contributed by atoms with Crippen LogP contribution in [0.4, 0.5) is 0 Å². The van der Waals surface area contributed by atoms with Gasteiger partial charge in [-0.1, -0.05) is 22.9 Å². The number of benzene rings is 1. The first-order valence-corrected chi connectivity index (χ1v) is 9.24. The van der Waals surface area contributed by atoms with Crippen molar-refractivity contribution in [2.75, 3.05) is 19.3 Å². The zero-order chi connectivity index (χ0) is 17.0. The third kappa shape index (κ3) is 4.62. The van der Waals surface area contributed by atoms with Gasteiger partial charge >= 0.3 is 0 Å². The quantitative estimate of drug-likeness (QED) is 0.773. The smallest absolute Gasteiger partial charge is 0.243 e. The molecule has 1 aromatic heterocycles. The predicted molar refractivity (Wildman–Crippen MR) is 87.9 cm³/mol. The molecule has 0 spiro atoms. The summed E-state index contributed by atoms with van der Waals surface area (Å²) in [5.74, 6) is 1.27. The number of hydrogen-bond acceptors (Lipinski definition) is 6. The van der Waals surface area contributed by atoms with Crippen LogP contribution in [-0.4, -0.2) is 42.8 Å². The SMILES string of the molecule is Cc1ccc(S(=O)(=O)CCCN(C)C(C)c2nc(C)no2)cc1. The maximum atomic E-state index is 12.3. The highest BCUT2D eigenvalue weighted by Crippen LogP contribution is 2.18. The molecule has 1 aromatic carbocycles. The van der Waals surface area contributed by atoms with Crippen molar-refractivity contribution >= 4 is 9.84 Å². The lowest BCUT2D eigenvalue weighted by atomic mass is 10.2. The van der Waals surface area contributed by atoms with E-state index in [9.17, 15) is 8.42 Å². The number of hydrogen-bond donors (Lipinski definition) is 0. The lowest BCUT2D eigenvalue weighted by Gasteiger charge is -2.21. The third-order valence-corrected chi connectivity index (χ3v) is 5.68. The molecule has 23 heavy (non-hydrogen) atoms. The molecule has 0 N–H and O–H groups in total. The maximum Gasteiger partial charge on any atom is 0.243 e. The fourth-order valence-electron chi connectivity index (χ4n) is 2.23. The van der Waals surface area contributed by atoms with Crippen LogP contribution in [0.2, 0.25) is 0 Å². The summed E-state index contributed by atoms with van der Waals surface area (Å²) in [5, 5.41) is 3.78. The van der Waals surface area contributed by atoms with Gasteiger partial charge in [0.25, 0.3) is 0 Å². The third-order valence-electron chi connectivity index (χ3n) is 3.87. The van der Waals surface area contributed by atoms with Gasteiger partial charge in [-0.15, -0.1) is 0 Å².